The van der Waals surface area contributed by atoms with Crippen molar-refractivity contribution in [3.05, 3.63) is 0 Å². The highest BCUT2D eigenvalue weighted by Crippen LogP contribution is 2.63. The van der Waals surface area contributed by atoms with E-state index in [1.165, 1.54) is 25.7 Å². The molecule has 2 atom stereocenters. The van der Waals surface area contributed by atoms with Crippen LogP contribution in [0.4, 0.5) is 0 Å². The van der Waals surface area contributed by atoms with Crippen LogP contribution in [0.25, 0.3) is 0 Å². The van der Waals surface area contributed by atoms with Gasteiger partial charge in [-0.2, -0.15) is 0 Å². The van der Waals surface area contributed by atoms with Gasteiger partial charge in [0.2, 0.25) is 0 Å². The third-order valence-corrected chi connectivity index (χ3v) is 3.60. The first kappa shape index (κ1) is 7.56. The topological polar surface area (TPSA) is 35.2 Å². The van der Waals surface area contributed by atoms with Crippen molar-refractivity contribution in [3.8, 4) is 0 Å². The lowest BCUT2D eigenvalue weighted by molar-refractivity contribution is 0.141. The highest BCUT2D eigenvalue weighted by Gasteiger charge is 2.64. The maximum Gasteiger partial charge on any atom is 0.0678 e. The number of nitrogens with two attached hydrogens (primary N) is 1. The van der Waals surface area contributed by atoms with E-state index in [0.29, 0.717) is 17.4 Å². The van der Waals surface area contributed by atoms with Crippen LogP contribution in [-0.2, 0) is 4.74 Å². The van der Waals surface area contributed by atoms with Crippen LogP contribution in [-0.4, -0.2) is 19.8 Å². The summed E-state index contributed by atoms with van der Waals surface area (Å²) in [6.45, 7) is 0.818. The number of methoxy groups -OCH3 is 1. The molecule has 0 aliphatic heterocycles. The summed E-state index contributed by atoms with van der Waals surface area (Å²) in [5.41, 5.74) is 6.21. The van der Waals surface area contributed by atoms with Gasteiger partial charge < -0.3 is 10.5 Å². The summed E-state index contributed by atoms with van der Waals surface area (Å²) in [4.78, 5) is 0. The monoisotopic (exact) mass is 155 g/mol. The minimum Gasteiger partial charge on any atom is -0.381 e. The van der Waals surface area contributed by atoms with Crippen LogP contribution in [0.5, 0.6) is 0 Å². The van der Waals surface area contributed by atoms with Gasteiger partial charge in [-0.3, -0.25) is 0 Å². The Morgan fingerprint density at radius 3 is 2.45 bits per heavy atom. The molecule has 0 aromatic heterocycles. The highest BCUT2D eigenvalue weighted by atomic mass is 16.5. The zero-order chi connectivity index (χ0) is 7.90. The molecule has 11 heavy (non-hydrogen) atoms. The average Bonchev–Trinajstić information content (AvgIpc) is 2.39. The van der Waals surface area contributed by atoms with Crippen molar-refractivity contribution in [2.24, 2.45) is 17.1 Å². The van der Waals surface area contributed by atoms with E-state index in [-0.39, 0.29) is 0 Å². The fourth-order valence-corrected chi connectivity index (χ4v) is 2.98. The SMILES string of the molecule is CO[C@H]1[C@@H](CN)C12CCCC2. The fraction of sp³-hybridized carbons (Fsp3) is 1.00. The predicted molar refractivity (Wildman–Crippen MR) is 44.2 cm³/mol. The molecular weight excluding hydrogens is 138 g/mol. The third-order valence-electron chi connectivity index (χ3n) is 3.60. The van der Waals surface area contributed by atoms with Crippen LogP contribution in [0.1, 0.15) is 25.7 Å². The Morgan fingerprint density at radius 2 is 2.09 bits per heavy atom. The molecule has 2 fully saturated rings. The Bertz CT molecular complexity index is 140. The summed E-state index contributed by atoms with van der Waals surface area (Å²) in [6.07, 6.45) is 5.98. The molecule has 0 radical (unpaired) electrons. The summed E-state index contributed by atoms with van der Waals surface area (Å²) in [5, 5.41) is 0. The van der Waals surface area contributed by atoms with Gasteiger partial charge in [0.25, 0.3) is 0 Å². The second kappa shape index (κ2) is 2.46. The van der Waals surface area contributed by atoms with Crippen LogP contribution >= 0.6 is 0 Å². The first-order chi connectivity index (χ1) is 5.35. The maximum absolute atomic E-state index is 5.67. The minimum atomic E-state index is 0.495. The van der Waals surface area contributed by atoms with E-state index in [0.717, 1.165) is 6.54 Å². The number of hydrogen-bond donors (Lipinski definition) is 1. The quantitative estimate of drug-likeness (QED) is 0.649. The minimum absolute atomic E-state index is 0.495. The van der Waals surface area contributed by atoms with E-state index in [4.69, 9.17) is 10.5 Å². The molecule has 2 nitrogen and oxygen atoms in total. The zero-order valence-corrected chi connectivity index (χ0v) is 7.18. The van der Waals surface area contributed by atoms with Gasteiger partial charge in [-0.05, 0) is 19.4 Å². The van der Waals surface area contributed by atoms with Gasteiger partial charge in [0.05, 0.1) is 6.10 Å². The van der Waals surface area contributed by atoms with Gasteiger partial charge in [0.15, 0.2) is 0 Å². The molecule has 2 N–H and O–H groups in total. The lowest BCUT2D eigenvalue weighted by Gasteiger charge is -2.05. The Labute approximate surface area is 68.1 Å². The van der Waals surface area contributed by atoms with Gasteiger partial charge >= 0.3 is 0 Å². The van der Waals surface area contributed by atoms with Crippen molar-refractivity contribution in [1.29, 1.82) is 0 Å². The first-order valence-electron chi connectivity index (χ1n) is 4.58. The Morgan fingerprint density at radius 1 is 1.45 bits per heavy atom. The molecule has 0 amide bonds. The predicted octanol–water partition coefficient (Wildman–Crippen LogP) is 1.15. The summed E-state index contributed by atoms with van der Waals surface area (Å²) in [5.74, 6) is 0.676. The van der Waals surface area contributed by atoms with E-state index in [1.807, 2.05) is 7.11 Å². The van der Waals surface area contributed by atoms with Crippen molar-refractivity contribution in [3.63, 3.8) is 0 Å². The lowest BCUT2D eigenvalue weighted by Crippen LogP contribution is -2.07. The van der Waals surface area contributed by atoms with Gasteiger partial charge in [-0.1, -0.05) is 12.8 Å². The van der Waals surface area contributed by atoms with Crippen LogP contribution in [0.3, 0.4) is 0 Å². The largest absolute Gasteiger partial charge is 0.381 e. The fourth-order valence-electron chi connectivity index (χ4n) is 2.98. The molecule has 0 unspecified atom stereocenters. The van der Waals surface area contributed by atoms with Gasteiger partial charge in [-0.25, -0.2) is 0 Å². The second-order valence-corrected chi connectivity index (χ2v) is 3.94. The van der Waals surface area contributed by atoms with Gasteiger partial charge in [-0.15, -0.1) is 0 Å². The van der Waals surface area contributed by atoms with Crippen LogP contribution in [0.2, 0.25) is 0 Å². The molecular formula is C9H17NO. The van der Waals surface area contributed by atoms with Crippen molar-refractivity contribution in [2.75, 3.05) is 13.7 Å². The van der Waals surface area contributed by atoms with Gasteiger partial charge in [0.1, 0.15) is 0 Å². The van der Waals surface area contributed by atoms with Crippen LogP contribution in [0, 0.1) is 11.3 Å². The van der Waals surface area contributed by atoms with Crippen molar-refractivity contribution < 1.29 is 4.74 Å². The van der Waals surface area contributed by atoms with E-state index in [1.54, 1.807) is 0 Å². The Hall–Kier alpha value is -0.0800. The van der Waals surface area contributed by atoms with Crippen molar-refractivity contribution in [2.45, 2.75) is 31.8 Å². The molecule has 0 saturated heterocycles. The van der Waals surface area contributed by atoms with E-state index in [2.05, 4.69) is 0 Å². The molecule has 1 spiro atoms. The molecule has 2 heteroatoms. The zero-order valence-electron chi connectivity index (χ0n) is 7.18. The molecule has 2 aliphatic rings. The van der Waals surface area contributed by atoms with E-state index in [9.17, 15) is 0 Å². The first-order valence-corrected chi connectivity index (χ1v) is 4.58. The summed E-state index contributed by atoms with van der Waals surface area (Å²) in [7, 11) is 1.82. The highest BCUT2D eigenvalue weighted by molar-refractivity contribution is 5.14. The summed E-state index contributed by atoms with van der Waals surface area (Å²) in [6, 6.07) is 0. The molecule has 2 rings (SSSR count). The average molecular weight is 155 g/mol. The lowest BCUT2D eigenvalue weighted by atomic mass is 10.0. The van der Waals surface area contributed by atoms with Crippen molar-refractivity contribution >= 4 is 0 Å². The smallest absolute Gasteiger partial charge is 0.0678 e. The molecule has 0 aromatic rings. The molecule has 0 heterocycles. The Balaban J connectivity index is 2.04. The number of rotatable bonds is 2. The standard InChI is InChI=1S/C9H17NO/c1-11-8-7(6-10)9(8)4-2-3-5-9/h7-8H,2-6,10H2,1H3/t7-,8+/m1/s1. The molecule has 0 bridgehead atoms. The van der Waals surface area contributed by atoms with Crippen LogP contribution < -0.4 is 5.73 Å². The summed E-state index contributed by atoms with van der Waals surface area (Å²) < 4.78 is 5.42. The number of hydrogen-bond acceptors (Lipinski definition) is 2. The van der Waals surface area contributed by atoms with Crippen molar-refractivity contribution in [1.82, 2.24) is 0 Å². The Kier molecular flexibility index (Phi) is 1.69. The normalized spacial score (nSPS) is 39.8. The summed E-state index contributed by atoms with van der Waals surface area (Å²) >= 11 is 0. The van der Waals surface area contributed by atoms with Crippen LogP contribution in [0.15, 0.2) is 0 Å². The van der Waals surface area contributed by atoms with Gasteiger partial charge in [0, 0.05) is 18.4 Å². The molecule has 2 aliphatic carbocycles. The number of ether oxygens (including phenoxy) is 1. The molecule has 0 aromatic carbocycles. The van der Waals surface area contributed by atoms with E-state index < -0.39 is 0 Å². The molecule has 2 saturated carbocycles. The second-order valence-electron chi connectivity index (χ2n) is 3.94. The van der Waals surface area contributed by atoms with E-state index >= 15 is 0 Å². The maximum atomic E-state index is 5.67. The third kappa shape index (κ3) is 0.859. The molecule has 64 valence electrons.